The van der Waals surface area contributed by atoms with E-state index in [2.05, 4.69) is 11.8 Å². The second-order valence-electron chi connectivity index (χ2n) is 8.49. The summed E-state index contributed by atoms with van der Waals surface area (Å²) in [5, 5.41) is 0. The average molecular weight is 332 g/mol. The molecule has 0 bridgehead atoms. The first-order chi connectivity index (χ1) is 11.8. The van der Waals surface area contributed by atoms with Gasteiger partial charge < -0.3 is 4.74 Å². The van der Waals surface area contributed by atoms with Gasteiger partial charge in [-0.3, -0.25) is 9.69 Å². The second-order valence-corrected chi connectivity index (χ2v) is 8.49. The number of nitrogens with zero attached hydrogens (tertiary/aromatic N) is 1. The first kappa shape index (κ1) is 16.6. The summed E-state index contributed by atoms with van der Waals surface area (Å²) in [5.41, 5.74) is 3.19. The molecule has 1 unspecified atom stereocenters. The van der Waals surface area contributed by atoms with Crippen molar-refractivity contribution in [3.63, 3.8) is 0 Å². The van der Waals surface area contributed by atoms with E-state index in [4.69, 9.17) is 4.74 Å². The molecule has 0 amide bonds. The summed E-state index contributed by atoms with van der Waals surface area (Å²) in [4.78, 5) is 15.1. The minimum atomic E-state index is 0.0957. The van der Waals surface area contributed by atoms with Gasteiger partial charge in [-0.1, -0.05) is 18.9 Å². The Bertz CT molecular complexity index is 506. The molecule has 3 aliphatic carbocycles. The molecule has 0 N–H and O–H groups in total. The summed E-state index contributed by atoms with van der Waals surface area (Å²) in [5.74, 6) is 1.10. The number of carbonyl (C=O) groups excluding carboxylic acids is 1. The van der Waals surface area contributed by atoms with E-state index in [0.29, 0.717) is 0 Å². The zero-order chi connectivity index (χ0) is 16.5. The van der Waals surface area contributed by atoms with Crippen molar-refractivity contribution in [3.8, 4) is 0 Å². The molecule has 2 fully saturated rings. The molecule has 1 aliphatic heterocycles. The van der Waals surface area contributed by atoms with E-state index in [1.165, 1.54) is 70.0 Å². The molecule has 1 heterocycles. The molecule has 24 heavy (non-hydrogen) atoms. The van der Waals surface area contributed by atoms with Crippen molar-refractivity contribution in [1.82, 2.24) is 4.90 Å². The lowest BCUT2D eigenvalue weighted by Gasteiger charge is -2.47. The normalized spacial score (nSPS) is 34.3. The number of esters is 1. The molecule has 4 rings (SSSR count). The Morgan fingerprint density at radius 3 is 2.75 bits per heavy atom. The molecule has 0 spiro atoms. The zero-order valence-electron chi connectivity index (χ0n) is 15.3. The van der Waals surface area contributed by atoms with Crippen molar-refractivity contribution in [2.75, 3.05) is 13.1 Å². The van der Waals surface area contributed by atoms with Crippen molar-refractivity contribution < 1.29 is 9.53 Å². The lowest BCUT2D eigenvalue weighted by molar-refractivity contribution is -0.156. The molecule has 3 nitrogen and oxygen atoms in total. The van der Waals surface area contributed by atoms with Gasteiger partial charge in [0.25, 0.3) is 0 Å². The number of ether oxygens (including phenoxy) is 1. The summed E-state index contributed by atoms with van der Waals surface area (Å²) in [7, 11) is 0. The number of carbonyl (C=O) groups is 1. The average Bonchev–Trinajstić information content (AvgIpc) is 2.53. The first-order valence-corrected chi connectivity index (χ1v) is 10.4. The van der Waals surface area contributed by atoms with Gasteiger partial charge in [0.05, 0.1) is 5.92 Å². The van der Waals surface area contributed by atoms with Gasteiger partial charge in [0.2, 0.25) is 0 Å². The van der Waals surface area contributed by atoms with Crippen LogP contribution in [0, 0.1) is 11.8 Å². The number of piperidine rings is 1. The molecule has 0 aromatic carbocycles. The topological polar surface area (TPSA) is 29.5 Å². The van der Waals surface area contributed by atoms with E-state index < -0.39 is 0 Å². The van der Waals surface area contributed by atoms with Crippen LogP contribution in [0.4, 0.5) is 0 Å². The van der Waals surface area contributed by atoms with Crippen LogP contribution in [-0.2, 0) is 9.53 Å². The highest BCUT2D eigenvalue weighted by molar-refractivity contribution is 5.73. The van der Waals surface area contributed by atoms with Gasteiger partial charge in [-0.2, -0.15) is 0 Å². The maximum atomic E-state index is 12.3. The predicted molar refractivity (Wildman–Crippen MR) is 95.7 cm³/mol. The molecular weight excluding hydrogens is 298 g/mol. The second kappa shape index (κ2) is 7.19. The van der Waals surface area contributed by atoms with Crippen LogP contribution in [0.25, 0.3) is 0 Å². The number of likely N-dealkylation sites (tertiary alicyclic amines) is 1. The standard InChI is InChI=1S/C21H33NO2/c1-2-11-22-12-5-9-17-13-18-16(14-19(17)22)8-4-10-20(18)24-21(23)15-6-3-7-15/h15,17,19-20H,2-14H2,1H3/t17-,19-,20?/m1/s1. The summed E-state index contributed by atoms with van der Waals surface area (Å²) in [6.45, 7) is 4.84. The zero-order valence-corrected chi connectivity index (χ0v) is 15.3. The summed E-state index contributed by atoms with van der Waals surface area (Å²) >= 11 is 0. The van der Waals surface area contributed by atoms with Crippen molar-refractivity contribution >= 4 is 5.97 Å². The number of hydrogen-bond acceptors (Lipinski definition) is 3. The third kappa shape index (κ3) is 3.16. The van der Waals surface area contributed by atoms with Gasteiger partial charge in [-0.25, -0.2) is 0 Å². The molecule has 3 atom stereocenters. The quantitative estimate of drug-likeness (QED) is 0.562. The van der Waals surface area contributed by atoms with Gasteiger partial charge in [-0.05, 0) is 88.8 Å². The molecule has 0 aromatic heterocycles. The van der Waals surface area contributed by atoms with Crippen molar-refractivity contribution in [3.05, 3.63) is 11.1 Å². The van der Waals surface area contributed by atoms with E-state index in [1.54, 1.807) is 5.57 Å². The fourth-order valence-corrected chi connectivity index (χ4v) is 5.43. The van der Waals surface area contributed by atoms with Gasteiger partial charge in [0.15, 0.2) is 0 Å². The molecule has 134 valence electrons. The highest BCUT2D eigenvalue weighted by Crippen LogP contribution is 2.44. The predicted octanol–water partition coefficient (Wildman–Crippen LogP) is 4.46. The van der Waals surface area contributed by atoms with E-state index in [1.807, 2.05) is 0 Å². The highest BCUT2D eigenvalue weighted by Gasteiger charge is 2.40. The Labute approximate surface area is 146 Å². The van der Waals surface area contributed by atoms with E-state index in [9.17, 15) is 4.79 Å². The maximum Gasteiger partial charge on any atom is 0.309 e. The fraction of sp³-hybridized carbons (Fsp3) is 0.857. The Morgan fingerprint density at radius 1 is 1.12 bits per heavy atom. The molecule has 0 aromatic rings. The van der Waals surface area contributed by atoms with Crippen LogP contribution in [0.3, 0.4) is 0 Å². The monoisotopic (exact) mass is 331 g/mol. The van der Waals surface area contributed by atoms with Crippen molar-refractivity contribution in [2.45, 2.75) is 89.7 Å². The number of rotatable bonds is 4. The minimum absolute atomic E-state index is 0.0957. The van der Waals surface area contributed by atoms with Gasteiger partial charge in [0.1, 0.15) is 6.10 Å². The lowest BCUT2D eigenvalue weighted by Crippen LogP contribution is -2.48. The fourth-order valence-electron chi connectivity index (χ4n) is 5.43. The molecule has 0 radical (unpaired) electrons. The Hall–Kier alpha value is -0.830. The third-order valence-corrected chi connectivity index (χ3v) is 6.97. The maximum absolute atomic E-state index is 12.3. The van der Waals surface area contributed by atoms with Crippen LogP contribution in [0.5, 0.6) is 0 Å². The SMILES string of the molecule is CCCN1CCC[C@@H]2CC3=C(CCCC3OC(=O)C3CCC3)C[C@H]21. The van der Waals surface area contributed by atoms with Crippen LogP contribution < -0.4 is 0 Å². The lowest BCUT2D eigenvalue weighted by atomic mass is 9.70. The van der Waals surface area contributed by atoms with Crippen molar-refractivity contribution in [2.24, 2.45) is 11.8 Å². The summed E-state index contributed by atoms with van der Waals surface area (Å²) in [6.07, 6.45) is 13.3. The van der Waals surface area contributed by atoms with Gasteiger partial charge in [0, 0.05) is 6.04 Å². The molecular formula is C21H33NO2. The Balaban J connectivity index is 1.48. The Morgan fingerprint density at radius 2 is 2.00 bits per heavy atom. The van der Waals surface area contributed by atoms with E-state index >= 15 is 0 Å². The minimum Gasteiger partial charge on any atom is -0.458 e. The van der Waals surface area contributed by atoms with E-state index in [-0.39, 0.29) is 18.0 Å². The summed E-state index contributed by atoms with van der Waals surface area (Å²) in [6, 6.07) is 0.763. The Kier molecular flexibility index (Phi) is 4.98. The van der Waals surface area contributed by atoms with Crippen LogP contribution >= 0.6 is 0 Å². The number of fused-ring (bicyclic) bond motifs is 1. The molecule has 4 aliphatic rings. The van der Waals surface area contributed by atoms with Crippen molar-refractivity contribution in [1.29, 1.82) is 0 Å². The molecule has 1 saturated carbocycles. The smallest absolute Gasteiger partial charge is 0.309 e. The number of hydrogen-bond donors (Lipinski definition) is 0. The molecule has 3 heteroatoms. The summed E-state index contributed by atoms with van der Waals surface area (Å²) < 4.78 is 6.01. The largest absolute Gasteiger partial charge is 0.458 e. The van der Waals surface area contributed by atoms with Crippen LogP contribution in [-0.4, -0.2) is 36.1 Å². The van der Waals surface area contributed by atoms with Crippen LogP contribution in [0.1, 0.15) is 77.6 Å². The molecule has 1 saturated heterocycles. The van der Waals surface area contributed by atoms with Crippen LogP contribution in [0.2, 0.25) is 0 Å². The van der Waals surface area contributed by atoms with Crippen LogP contribution in [0.15, 0.2) is 11.1 Å². The third-order valence-electron chi connectivity index (χ3n) is 6.97. The highest BCUT2D eigenvalue weighted by atomic mass is 16.5. The van der Waals surface area contributed by atoms with Gasteiger partial charge >= 0.3 is 5.97 Å². The first-order valence-electron chi connectivity index (χ1n) is 10.4. The van der Waals surface area contributed by atoms with Gasteiger partial charge in [-0.15, -0.1) is 0 Å². The van der Waals surface area contributed by atoms with E-state index in [0.717, 1.165) is 31.2 Å².